The second-order valence-corrected chi connectivity index (χ2v) is 23.0. The highest BCUT2D eigenvalue weighted by molar-refractivity contribution is 7.23. The number of nitrogens with one attached hydrogen (secondary N) is 1. The Balaban J connectivity index is 0.726. The number of amides is 1. The summed E-state index contributed by atoms with van der Waals surface area (Å²) in [6, 6.07) is 11.7. The van der Waals surface area contributed by atoms with Crippen LogP contribution in [0.4, 0.5) is 34.1 Å². The Morgan fingerprint density at radius 2 is 1.93 bits per heavy atom. The molecule has 0 spiro atoms. The van der Waals surface area contributed by atoms with E-state index >= 15 is 13.2 Å². The van der Waals surface area contributed by atoms with Crippen LogP contribution in [0.1, 0.15) is 67.6 Å². The van der Waals surface area contributed by atoms with E-state index in [2.05, 4.69) is 37.3 Å². The smallest absolute Gasteiger partial charge is 0.343 e. The molecule has 0 radical (unpaired) electrons. The van der Waals surface area contributed by atoms with E-state index in [9.17, 15) is 29.1 Å². The van der Waals surface area contributed by atoms with Crippen LogP contribution in [0.2, 0.25) is 5.02 Å². The first-order valence-electron chi connectivity index (χ1n) is 26.5. The predicted molar refractivity (Wildman–Crippen MR) is 295 cm³/mol. The third-order valence-electron chi connectivity index (χ3n) is 16.7. The van der Waals surface area contributed by atoms with E-state index in [0.29, 0.717) is 40.8 Å². The maximum atomic E-state index is 17.5. The summed E-state index contributed by atoms with van der Waals surface area (Å²) in [4.78, 5) is 60.2. The van der Waals surface area contributed by atoms with Crippen LogP contribution in [-0.4, -0.2) is 124 Å². The number of aromatic nitrogens is 8. The minimum Gasteiger partial charge on any atom is -0.461 e. The quantitative estimate of drug-likeness (QED) is 0.0618. The number of anilines is 3. The van der Waals surface area contributed by atoms with Crippen LogP contribution in [0.25, 0.3) is 54.4 Å². The van der Waals surface area contributed by atoms with Crippen LogP contribution in [0, 0.1) is 28.8 Å². The van der Waals surface area contributed by atoms with Gasteiger partial charge in [0.2, 0.25) is 0 Å². The van der Waals surface area contributed by atoms with Crippen molar-refractivity contribution in [3.05, 3.63) is 116 Å². The highest BCUT2D eigenvalue weighted by Gasteiger charge is 2.50. The molecular weight excluding hydrogens is 1110 g/mol. The summed E-state index contributed by atoms with van der Waals surface area (Å²) in [6.07, 6.45) is 0.791. The maximum Gasteiger partial charge on any atom is 0.343 e. The Hall–Kier alpha value is -8.31. The van der Waals surface area contributed by atoms with Crippen molar-refractivity contribution in [2.24, 2.45) is 0 Å². The first kappa shape index (κ1) is 53.0. The molecule has 0 unspecified atom stereocenters. The Bertz CT molecular complexity index is 4210. The molecule has 3 saturated heterocycles. The van der Waals surface area contributed by atoms with Crippen molar-refractivity contribution in [3.63, 3.8) is 0 Å². The van der Waals surface area contributed by atoms with Crippen LogP contribution < -0.4 is 26.2 Å². The van der Waals surface area contributed by atoms with Crippen molar-refractivity contribution in [3.8, 4) is 34.6 Å². The van der Waals surface area contributed by atoms with E-state index in [0.717, 1.165) is 23.8 Å². The second kappa shape index (κ2) is 19.7. The van der Waals surface area contributed by atoms with Gasteiger partial charge in [-0.3, -0.25) is 14.5 Å². The SMILES string of the molecule is C=C(Cn1nnnc1CNc1cc2cc3c(nc2cc1F)-c1cc2c(c(=O)n1C3)COC(=O)[C@]2(O)CC)C(=O)N1CCN(c2nc(OC[C@@]34CCCN3C[C@H](F)C4)nc3c(F)c(-c4ccc(F)c5sc(N)c(C#N)c45)c(Cl)cc23)[C@@H](C)C1. The van der Waals surface area contributed by atoms with Crippen molar-refractivity contribution in [1.82, 2.24) is 49.5 Å². The van der Waals surface area contributed by atoms with E-state index in [1.807, 2.05) is 17.9 Å². The molecule has 4 N–H and O–H groups in total. The summed E-state index contributed by atoms with van der Waals surface area (Å²) in [7, 11) is 0. The van der Waals surface area contributed by atoms with E-state index < -0.39 is 52.3 Å². The molecule has 0 bridgehead atoms. The number of carbonyl (C=O) groups is 2. The first-order chi connectivity index (χ1) is 39.4. The van der Waals surface area contributed by atoms with E-state index in [4.69, 9.17) is 36.8 Å². The standard InChI is InChI=1S/C56H49ClF4N14O6S/c1-4-56(79)35-15-41-46-29(22-74(41)52(77)34(35)24-80-53(56)78)12-28-13-40(38(60)16-39(28)65-46)64-19-42-68-69-70-75(42)20-26(2)51(76)71-10-11-73(27(3)21-71)50-32-14-36(57)44(31-6-7-37(59)48-43(31)33(18-62)49(63)82-48)45(61)47(32)66-54(67-50)81-25-55-8-5-9-72(55)23-30(58)17-55/h6-7,12-16,27,30,64,79H,2,4-5,8-11,17,19-25,63H2,1,3H3/t27-,30+,55-,56-/m0/s1. The van der Waals surface area contributed by atoms with Crippen LogP contribution in [-0.2, 0) is 46.2 Å². The molecule has 26 heteroatoms. The lowest BCUT2D eigenvalue weighted by Crippen LogP contribution is -2.54. The number of ether oxygens (including phenoxy) is 2. The minimum atomic E-state index is -1.99. The molecule has 3 fully saturated rings. The Kier molecular flexibility index (Phi) is 12.7. The summed E-state index contributed by atoms with van der Waals surface area (Å²) in [5.74, 6) is -2.85. The number of nitriles is 1. The number of nitrogens with zero attached hydrogens (tertiary/aromatic N) is 12. The van der Waals surface area contributed by atoms with Crippen LogP contribution in [0.3, 0.4) is 0 Å². The minimum absolute atomic E-state index is 0.00808. The topological polar surface area (TPSA) is 249 Å². The molecule has 8 aromatic rings. The number of esters is 1. The third-order valence-corrected chi connectivity index (χ3v) is 18.1. The van der Waals surface area contributed by atoms with Crippen molar-refractivity contribution in [1.29, 1.82) is 5.26 Å². The van der Waals surface area contributed by atoms with Crippen LogP contribution in [0.15, 0.2) is 59.4 Å². The number of piperazine rings is 1. The highest BCUT2D eigenvalue weighted by atomic mass is 35.5. The van der Waals surface area contributed by atoms with Gasteiger partial charge in [-0.15, -0.1) is 16.4 Å². The molecule has 20 nitrogen and oxygen atoms in total. The van der Waals surface area contributed by atoms with Gasteiger partial charge in [0.15, 0.2) is 17.2 Å². The number of nitrogen functional groups attached to an aromatic ring is 1. The molecule has 82 heavy (non-hydrogen) atoms. The average Bonchev–Trinajstić information content (AvgIpc) is 4.38. The number of carbonyl (C=O) groups excluding carboxylic acids is 2. The Labute approximate surface area is 472 Å². The average molecular weight is 1160 g/mol. The molecule has 0 saturated carbocycles. The van der Waals surface area contributed by atoms with Crippen LogP contribution in [0.5, 0.6) is 6.01 Å². The Morgan fingerprint density at radius 1 is 1.10 bits per heavy atom. The number of aliphatic hydroxyl groups is 1. The van der Waals surface area contributed by atoms with E-state index in [1.165, 1.54) is 27.4 Å². The number of benzene rings is 3. The molecule has 1 amide bonds. The molecule has 420 valence electrons. The first-order valence-corrected chi connectivity index (χ1v) is 27.7. The van der Waals surface area contributed by atoms with Gasteiger partial charge >= 0.3 is 12.0 Å². The normalized spacial score (nSPS) is 21.2. The fourth-order valence-electron chi connectivity index (χ4n) is 12.6. The molecule has 4 atom stereocenters. The van der Waals surface area contributed by atoms with Crippen molar-refractivity contribution >= 4 is 83.2 Å². The van der Waals surface area contributed by atoms with Gasteiger partial charge in [0.25, 0.3) is 11.5 Å². The molecule has 10 heterocycles. The summed E-state index contributed by atoms with van der Waals surface area (Å²) in [5, 5.41) is 37.3. The van der Waals surface area contributed by atoms with E-state index in [1.54, 1.807) is 30.0 Å². The fraction of sp³-hybridized carbons (Fsp3) is 0.357. The molecule has 0 aliphatic carbocycles. The number of alkyl halides is 1. The lowest BCUT2D eigenvalue weighted by molar-refractivity contribution is -0.172. The van der Waals surface area contributed by atoms with Gasteiger partial charge in [0.05, 0.1) is 68.6 Å². The summed E-state index contributed by atoms with van der Waals surface area (Å²) in [5.41, 5.74) is 5.39. The largest absolute Gasteiger partial charge is 0.461 e. The number of nitrogens with two attached hydrogens (primary N) is 1. The number of thiophene rings is 1. The Morgan fingerprint density at radius 3 is 2.72 bits per heavy atom. The highest BCUT2D eigenvalue weighted by Crippen LogP contribution is 2.47. The predicted octanol–water partition coefficient (Wildman–Crippen LogP) is 7.28. The molecular formula is C56H49ClF4N14O6S. The van der Waals surface area contributed by atoms with Gasteiger partial charge in [-0.05, 0) is 79.1 Å². The zero-order valence-electron chi connectivity index (χ0n) is 44.0. The van der Waals surface area contributed by atoms with E-state index in [-0.39, 0.29) is 166 Å². The number of halogens is 5. The number of cyclic esters (lactones) is 1. The number of pyridine rings is 2. The number of hydrogen-bond acceptors (Lipinski definition) is 18. The lowest BCUT2D eigenvalue weighted by atomic mass is 9.86. The van der Waals surface area contributed by atoms with Gasteiger partial charge in [-0.25, -0.2) is 32.0 Å². The van der Waals surface area contributed by atoms with Gasteiger partial charge in [-0.1, -0.05) is 31.2 Å². The van der Waals surface area contributed by atoms with Crippen molar-refractivity contribution in [2.75, 3.05) is 55.3 Å². The second-order valence-electron chi connectivity index (χ2n) is 21.5. The number of tetrazole rings is 1. The monoisotopic (exact) mass is 1160 g/mol. The van der Waals surface area contributed by atoms with Gasteiger partial charge in [0, 0.05) is 83.1 Å². The number of hydrogen-bond donors (Lipinski definition) is 3. The van der Waals surface area contributed by atoms with Gasteiger partial charge in [0.1, 0.15) is 53.4 Å². The summed E-state index contributed by atoms with van der Waals surface area (Å²) in [6.45, 7) is 8.90. The maximum absolute atomic E-state index is 17.5. The molecule has 5 aliphatic rings. The number of fused-ring (bicyclic) bond motifs is 8. The molecule has 5 aliphatic heterocycles. The van der Waals surface area contributed by atoms with Crippen LogP contribution >= 0.6 is 22.9 Å². The zero-order chi connectivity index (χ0) is 57.3. The van der Waals surface area contributed by atoms with Gasteiger partial charge < -0.3 is 40.0 Å². The molecule has 5 aromatic heterocycles. The molecule has 3 aromatic carbocycles. The fourth-order valence-corrected chi connectivity index (χ4v) is 13.8. The molecule has 13 rings (SSSR count). The lowest BCUT2D eigenvalue weighted by Gasteiger charge is -2.41. The third kappa shape index (κ3) is 8.39. The van der Waals surface area contributed by atoms with Gasteiger partial charge in [-0.2, -0.15) is 15.2 Å². The zero-order valence-corrected chi connectivity index (χ0v) is 45.6. The summed E-state index contributed by atoms with van der Waals surface area (Å²) >= 11 is 7.86. The van der Waals surface area contributed by atoms with Crippen molar-refractivity contribution in [2.45, 2.75) is 89.1 Å². The number of rotatable bonds is 12. The van der Waals surface area contributed by atoms with Crippen molar-refractivity contribution < 1.29 is 41.7 Å². The summed E-state index contributed by atoms with van der Waals surface area (Å²) < 4.78 is 77.8.